The molecule has 0 bridgehead atoms. The highest BCUT2D eigenvalue weighted by atomic mass is 32.1. The second kappa shape index (κ2) is 10.1. The highest BCUT2D eigenvalue weighted by Crippen LogP contribution is 2.35. The number of carbonyl (C=O) groups excluding carboxylic acids is 1. The standard InChI is InChI=1S/C30H29N9OS/c1-17-9-11-38(12-10-17)25-14-20(21-5-3-4-6-22(21)35-25)15-39-29-26(28(31)32-16-33-29)27(37-39)19-7-8-23-24(13-19)41-30(36-23)34-18(2)40/h3-8,13-14,16-17H,9-12,15H2,1-2H3,(H2,31,32,33)(H,34,36,40). The topological polar surface area (TPSA) is 128 Å². The minimum absolute atomic E-state index is 0.152. The van der Waals surface area contributed by atoms with Crippen LogP contribution in [0.25, 0.3) is 43.4 Å². The SMILES string of the molecule is CC(=O)Nc1nc2ccc(-c3nn(Cc4cc(N5CCC(C)CC5)nc5ccccc45)c4ncnc(N)c34)cc2s1. The van der Waals surface area contributed by atoms with Crippen LogP contribution < -0.4 is 16.0 Å². The van der Waals surface area contributed by atoms with Crippen molar-refractivity contribution in [3.05, 3.63) is 60.4 Å². The van der Waals surface area contributed by atoms with E-state index in [1.54, 1.807) is 0 Å². The molecular weight excluding hydrogens is 534 g/mol. The van der Waals surface area contributed by atoms with E-state index in [0.29, 0.717) is 34.2 Å². The largest absolute Gasteiger partial charge is 0.383 e. The Morgan fingerprint density at radius 3 is 2.73 bits per heavy atom. The lowest BCUT2D eigenvalue weighted by Gasteiger charge is -2.31. The molecule has 0 spiro atoms. The van der Waals surface area contributed by atoms with E-state index < -0.39 is 0 Å². The van der Waals surface area contributed by atoms with Gasteiger partial charge >= 0.3 is 0 Å². The molecule has 4 aromatic heterocycles. The van der Waals surface area contributed by atoms with Crippen molar-refractivity contribution in [3.8, 4) is 11.3 Å². The molecule has 5 heterocycles. The van der Waals surface area contributed by atoms with E-state index in [1.807, 2.05) is 35.0 Å². The van der Waals surface area contributed by atoms with Crippen molar-refractivity contribution in [2.45, 2.75) is 33.2 Å². The summed E-state index contributed by atoms with van der Waals surface area (Å²) >= 11 is 1.42. The van der Waals surface area contributed by atoms with Crippen molar-refractivity contribution in [3.63, 3.8) is 0 Å². The average Bonchev–Trinajstić information content (AvgIpc) is 3.54. The van der Waals surface area contributed by atoms with E-state index >= 15 is 0 Å². The number of nitrogen functional groups attached to an aromatic ring is 1. The Bertz CT molecular complexity index is 1940. The second-order valence-corrected chi connectivity index (χ2v) is 11.7. The number of thiazole rings is 1. The van der Waals surface area contributed by atoms with Crippen LogP contribution in [0.15, 0.2) is 54.9 Å². The van der Waals surface area contributed by atoms with Gasteiger partial charge in [-0.2, -0.15) is 5.10 Å². The van der Waals surface area contributed by atoms with Crippen molar-refractivity contribution in [2.75, 3.05) is 29.0 Å². The number of pyridine rings is 1. The van der Waals surface area contributed by atoms with Gasteiger partial charge in [0.15, 0.2) is 10.8 Å². The minimum Gasteiger partial charge on any atom is -0.383 e. The minimum atomic E-state index is -0.152. The first-order chi connectivity index (χ1) is 19.9. The number of fused-ring (bicyclic) bond motifs is 3. The second-order valence-electron chi connectivity index (χ2n) is 10.7. The normalized spacial score (nSPS) is 14.3. The molecule has 3 N–H and O–H groups in total. The van der Waals surface area contributed by atoms with E-state index in [2.05, 4.69) is 50.3 Å². The third-order valence-corrected chi connectivity index (χ3v) is 8.65. The fraction of sp³-hybridized carbons (Fsp3) is 0.267. The summed E-state index contributed by atoms with van der Waals surface area (Å²) in [6.45, 7) is 6.31. The van der Waals surface area contributed by atoms with Crippen molar-refractivity contribution in [2.24, 2.45) is 5.92 Å². The molecule has 10 nitrogen and oxygen atoms in total. The smallest absolute Gasteiger partial charge is 0.223 e. The van der Waals surface area contributed by atoms with Crippen molar-refractivity contribution in [1.82, 2.24) is 29.7 Å². The summed E-state index contributed by atoms with van der Waals surface area (Å²) in [6.07, 6.45) is 3.82. The summed E-state index contributed by atoms with van der Waals surface area (Å²) < 4.78 is 2.84. The number of piperidine rings is 1. The monoisotopic (exact) mass is 563 g/mol. The fourth-order valence-electron chi connectivity index (χ4n) is 5.54. The van der Waals surface area contributed by atoms with Crippen molar-refractivity contribution in [1.29, 1.82) is 0 Å². The van der Waals surface area contributed by atoms with Gasteiger partial charge in [0.05, 0.1) is 27.7 Å². The first kappa shape index (κ1) is 25.3. The summed E-state index contributed by atoms with van der Waals surface area (Å²) in [6, 6.07) is 16.4. The molecule has 0 radical (unpaired) electrons. The number of aromatic nitrogens is 6. The van der Waals surface area contributed by atoms with Gasteiger partial charge in [0, 0.05) is 31.0 Å². The number of rotatable bonds is 5. The Balaban J connectivity index is 1.33. The number of nitrogens with zero attached hydrogens (tertiary/aromatic N) is 7. The molecule has 0 saturated carbocycles. The zero-order valence-electron chi connectivity index (χ0n) is 22.8. The first-order valence-corrected chi connectivity index (χ1v) is 14.5. The Hall–Kier alpha value is -4.64. The number of hydrogen-bond donors (Lipinski definition) is 2. The van der Waals surface area contributed by atoms with E-state index in [1.165, 1.54) is 37.4 Å². The molecule has 6 aromatic rings. The van der Waals surface area contributed by atoms with Crippen LogP contribution in [0.4, 0.5) is 16.8 Å². The highest BCUT2D eigenvalue weighted by Gasteiger charge is 2.21. The lowest BCUT2D eigenvalue weighted by molar-refractivity contribution is -0.114. The third-order valence-electron chi connectivity index (χ3n) is 7.72. The number of nitrogens with two attached hydrogens (primary N) is 1. The van der Waals surface area contributed by atoms with Crippen LogP contribution in [0.5, 0.6) is 0 Å². The fourth-order valence-corrected chi connectivity index (χ4v) is 6.49. The number of hydrogen-bond acceptors (Lipinski definition) is 9. The molecule has 1 aliphatic heterocycles. The number of carbonyl (C=O) groups is 1. The molecular formula is C30H29N9OS. The summed E-state index contributed by atoms with van der Waals surface area (Å²) in [5.41, 5.74) is 11.6. The van der Waals surface area contributed by atoms with Gasteiger partial charge < -0.3 is 16.0 Å². The van der Waals surface area contributed by atoms with Gasteiger partial charge in [-0.3, -0.25) is 4.79 Å². The zero-order chi connectivity index (χ0) is 28.1. The number of anilines is 3. The summed E-state index contributed by atoms with van der Waals surface area (Å²) in [4.78, 5) is 32.3. The summed E-state index contributed by atoms with van der Waals surface area (Å²) in [7, 11) is 0. The Labute approximate surface area is 240 Å². The Morgan fingerprint density at radius 2 is 1.90 bits per heavy atom. The van der Waals surface area contributed by atoms with Crippen LogP contribution in [0.3, 0.4) is 0 Å². The molecule has 1 fully saturated rings. The molecule has 41 heavy (non-hydrogen) atoms. The predicted molar refractivity (Wildman–Crippen MR) is 164 cm³/mol. The molecule has 0 aliphatic carbocycles. The molecule has 2 aromatic carbocycles. The van der Waals surface area contributed by atoms with Gasteiger partial charge in [0.1, 0.15) is 23.7 Å². The first-order valence-electron chi connectivity index (χ1n) is 13.7. The molecule has 1 aliphatic rings. The molecule has 0 unspecified atom stereocenters. The van der Waals surface area contributed by atoms with Gasteiger partial charge in [0.25, 0.3) is 0 Å². The number of amides is 1. The maximum atomic E-state index is 11.5. The highest BCUT2D eigenvalue weighted by molar-refractivity contribution is 7.22. The lowest BCUT2D eigenvalue weighted by atomic mass is 9.99. The van der Waals surface area contributed by atoms with E-state index in [4.69, 9.17) is 15.8 Å². The lowest BCUT2D eigenvalue weighted by Crippen LogP contribution is -2.33. The van der Waals surface area contributed by atoms with E-state index in [9.17, 15) is 4.79 Å². The zero-order valence-corrected chi connectivity index (χ0v) is 23.6. The average molecular weight is 564 g/mol. The van der Waals surface area contributed by atoms with Crippen LogP contribution >= 0.6 is 11.3 Å². The van der Waals surface area contributed by atoms with Gasteiger partial charge in [-0.1, -0.05) is 42.5 Å². The van der Waals surface area contributed by atoms with Gasteiger partial charge in [0.2, 0.25) is 5.91 Å². The van der Waals surface area contributed by atoms with Crippen LogP contribution in [0.2, 0.25) is 0 Å². The van der Waals surface area contributed by atoms with E-state index in [0.717, 1.165) is 57.1 Å². The molecule has 7 rings (SSSR count). The quantitative estimate of drug-likeness (QED) is 0.282. The number of benzene rings is 2. The maximum absolute atomic E-state index is 11.5. The Morgan fingerprint density at radius 1 is 1.07 bits per heavy atom. The molecule has 1 amide bonds. The predicted octanol–water partition coefficient (Wildman–Crippen LogP) is 5.48. The van der Waals surface area contributed by atoms with Crippen LogP contribution in [-0.2, 0) is 11.3 Å². The van der Waals surface area contributed by atoms with Gasteiger partial charge in [-0.15, -0.1) is 0 Å². The molecule has 206 valence electrons. The molecule has 11 heteroatoms. The van der Waals surface area contributed by atoms with Crippen molar-refractivity contribution >= 4 is 66.2 Å². The summed E-state index contributed by atoms with van der Waals surface area (Å²) in [5.74, 6) is 1.97. The van der Waals surface area contributed by atoms with E-state index in [-0.39, 0.29) is 5.91 Å². The van der Waals surface area contributed by atoms with Crippen LogP contribution in [0.1, 0.15) is 32.3 Å². The van der Waals surface area contributed by atoms with Crippen LogP contribution in [-0.4, -0.2) is 48.7 Å². The third kappa shape index (κ3) is 4.71. The van der Waals surface area contributed by atoms with Crippen LogP contribution in [0, 0.1) is 5.92 Å². The van der Waals surface area contributed by atoms with Gasteiger partial charge in [-0.05, 0) is 48.6 Å². The Kier molecular flexibility index (Phi) is 6.23. The maximum Gasteiger partial charge on any atom is 0.223 e. The van der Waals surface area contributed by atoms with Crippen molar-refractivity contribution < 1.29 is 4.79 Å². The molecule has 0 atom stereocenters. The molecule has 1 saturated heterocycles. The number of para-hydroxylation sites is 1. The summed E-state index contributed by atoms with van der Waals surface area (Å²) in [5, 5.41) is 10.2. The number of nitrogens with one attached hydrogen (secondary N) is 1. The van der Waals surface area contributed by atoms with Gasteiger partial charge in [-0.25, -0.2) is 24.6 Å².